The molecule has 0 saturated carbocycles. The van der Waals surface area contributed by atoms with Gasteiger partial charge in [-0.15, -0.1) is 0 Å². The van der Waals surface area contributed by atoms with Crippen LogP contribution in [0, 0.1) is 0 Å². The highest BCUT2D eigenvalue weighted by molar-refractivity contribution is 6.74. The molecule has 0 aliphatic carbocycles. The molecule has 0 spiro atoms. The lowest BCUT2D eigenvalue weighted by atomic mass is 10.1. The molecule has 1 aromatic rings. The van der Waals surface area contributed by atoms with E-state index in [4.69, 9.17) is 18.6 Å². The fraction of sp³-hybridized carbons (Fsp3) is 0.632. The van der Waals surface area contributed by atoms with Crippen LogP contribution in [0.5, 0.6) is 5.75 Å². The van der Waals surface area contributed by atoms with Gasteiger partial charge in [-0.1, -0.05) is 32.9 Å². The number of ether oxygens (including phenoxy) is 3. The number of carbonyl (C=O) groups is 1. The number of hydrogen-bond donors (Lipinski definition) is 1. The zero-order valence-electron chi connectivity index (χ0n) is 16.4. The first kappa shape index (κ1) is 20.9. The van der Waals surface area contributed by atoms with Gasteiger partial charge < -0.3 is 23.7 Å². The first-order valence-corrected chi connectivity index (χ1v) is 11.7. The molecule has 1 aliphatic rings. The maximum absolute atomic E-state index is 12.3. The third-order valence-electron chi connectivity index (χ3n) is 5.17. The fourth-order valence-electron chi connectivity index (χ4n) is 2.47. The molecule has 1 aromatic carbocycles. The Balaban J connectivity index is 2.11. The van der Waals surface area contributed by atoms with E-state index in [0.717, 1.165) is 11.3 Å². The standard InChI is InChI=1S/C19H30O6Si/c1-19(2,3)26(5,6)25-17-16(15(11-20)24-18(17)21)23-12-13-7-9-14(22-4)10-8-13/h7-10,15-17,20H,11-12H2,1-6H3/t15-,16+,17-/m1/s1. The van der Waals surface area contributed by atoms with Gasteiger partial charge in [-0.2, -0.15) is 0 Å². The van der Waals surface area contributed by atoms with Crippen LogP contribution in [0.1, 0.15) is 26.3 Å². The number of methoxy groups -OCH3 is 1. The maximum atomic E-state index is 12.3. The quantitative estimate of drug-likeness (QED) is 0.577. The summed E-state index contributed by atoms with van der Waals surface area (Å²) < 4.78 is 22.6. The summed E-state index contributed by atoms with van der Waals surface area (Å²) >= 11 is 0. The predicted molar refractivity (Wildman–Crippen MR) is 101 cm³/mol. The largest absolute Gasteiger partial charge is 0.497 e. The third kappa shape index (κ3) is 4.65. The Bertz CT molecular complexity index is 607. The van der Waals surface area contributed by atoms with Crippen molar-refractivity contribution in [3.05, 3.63) is 29.8 Å². The average molecular weight is 383 g/mol. The van der Waals surface area contributed by atoms with Crippen molar-refractivity contribution in [1.29, 1.82) is 0 Å². The van der Waals surface area contributed by atoms with Crippen LogP contribution in [0.15, 0.2) is 24.3 Å². The Morgan fingerprint density at radius 1 is 1.19 bits per heavy atom. The summed E-state index contributed by atoms with van der Waals surface area (Å²) in [6.07, 6.45) is -2.16. The van der Waals surface area contributed by atoms with Crippen LogP contribution in [-0.2, 0) is 25.3 Å². The number of aliphatic hydroxyl groups excluding tert-OH is 1. The highest BCUT2D eigenvalue weighted by atomic mass is 28.4. The number of rotatable bonds is 7. The lowest BCUT2D eigenvalue weighted by Crippen LogP contribution is -2.49. The highest BCUT2D eigenvalue weighted by Crippen LogP contribution is 2.39. The van der Waals surface area contributed by atoms with Gasteiger partial charge in [0.2, 0.25) is 0 Å². The first-order chi connectivity index (χ1) is 12.1. The molecule has 1 fully saturated rings. The number of aliphatic hydroxyl groups is 1. The minimum atomic E-state index is -2.20. The number of cyclic esters (lactones) is 1. The molecular formula is C19H30O6Si. The Morgan fingerprint density at radius 3 is 2.31 bits per heavy atom. The molecule has 0 aromatic heterocycles. The zero-order chi connectivity index (χ0) is 19.5. The average Bonchev–Trinajstić information content (AvgIpc) is 2.87. The molecule has 1 saturated heterocycles. The normalized spacial score (nSPS) is 23.8. The maximum Gasteiger partial charge on any atom is 0.337 e. The Morgan fingerprint density at radius 2 is 1.81 bits per heavy atom. The Kier molecular flexibility index (Phi) is 6.49. The van der Waals surface area contributed by atoms with E-state index < -0.39 is 32.6 Å². The third-order valence-corrected chi connectivity index (χ3v) is 9.63. The van der Waals surface area contributed by atoms with Crippen molar-refractivity contribution in [2.24, 2.45) is 0 Å². The van der Waals surface area contributed by atoms with Crippen LogP contribution < -0.4 is 4.74 Å². The van der Waals surface area contributed by atoms with Crippen LogP contribution in [0.3, 0.4) is 0 Å². The molecule has 0 bridgehead atoms. The molecule has 6 nitrogen and oxygen atoms in total. The smallest absolute Gasteiger partial charge is 0.337 e. The SMILES string of the molecule is COc1ccc(CO[C@H]2[C@@H](CO)OC(=O)[C@@H]2O[Si](C)(C)C(C)(C)C)cc1. The first-order valence-electron chi connectivity index (χ1n) is 8.83. The van der Waals surface area contributed by atoms with Gasteiger partial charge in [0, 0.05) is 0 Å². The topological polar surface area (TPSA) is 74.2 Å². The molecule has 1 N–H and O–H groups in total. The van der Waals surface area contributed by atoms with E-state index in [1.165, 1.54) is 0 Å². The van der Waals surface area contributed by atoms with Crippen molar-refractivity contribution in [2.75, 3.05) is 13.7 Å². The van der Waals surface area contributed by atoms with Crippen molar-refractivity contribution < 1.29 is 28.5 Å². The molecule has 1 heterocycles. The number of carbonyl (C=O) groups excluding carboxylic acids is 1. The van der Waals surface area contributed by atoms with Crippen LogP contribution in [0.4, 0.5) is 0 Å². The van der Waals surface area contributed by atoms with E-state index in [0.29, 0.717) is 6.61 Å². The van der Waals surface area contributed by atoms with Gasteiger partial charge in [-0.05, 0) is 35.8 Å². The second-order valence-corrected chi connectivity index (χ2v) is 12.8. The lowest BCUT2D eigenvalue weighted by Gasteiger charge is -2.38. The van der Waals surface area contributed by atoms with Crippen molar-refractivity contribution in [2.45, 2.75) is 63.8 Å². The predicted octanol–water partition coefficient (Wildman–Crippen LogP) is 2.89. The molecule has 0 amide bonds. The van der Waals surface area contributed by atoms with E-state index in [9.17, 15) is 9.90 Å². The van der Waals surface area contributed by atoms with Crippen molar-refractivity contribution >= 4 is 14.3 Å². The monoisotopic (exact) mass is 382 g/mol. The Labute approximate surface area is 156 Å². The second kappa shape index (κ2) is 8.08. The van der Waals surface area contributed by atoms with Gasteiger partial charge in [0.05, 0.1) is 20.3 Å². The van der Waals surface area contributed by atoms with E-state index in [-0.39, 0.29) is 11.6 Å². The van der Waals surface area contributed by atoms with Gasteiger partial charge in [0.1, 0.15) is 11.9 Å². The summed E-state index contributed by atoms with van der Waals surface area (Å²) in [5.74, 6) is 0.300. The molecular weight excluding hydrogens is 352 g/mol. The van der Waals surface area contributed by atoms with Crippen LogP contribution in [0.25, 0.3) is 0 Å². The second-order valence-electron chi connectivity index (χ2n) is 8.08. The van der Waals surface area contributed by atoms with Gasteiger partial charge in [0.15, 0.2) is 20.5 Å². The molecule has 1 aliphatic heterocycles. The minimum Gasteiger partial charge on any atom is -0.497 e. The Hall–Kier alpha value is -1.41. The summed E-state index contributed by atoms with van der Waals surface area (Å²) in [5, 5.41) is 9.53. The summed E-state index contributed by atoms with van der Waals surface area (Å²) in [5.41, 5.74) is 0.938. The molecule has 0 radical (unpaired) electrons. The van der Waals surface area contributed by atoms with E-state index in [1.54, 1.807) is 7.11 Å². The van der Waals surface area contributed by atoms with Crippen LogP contribution in [-0.4, -0.2) is 51.4 Å². The van der Waals surface area contributed by atoms with Gasteiger partial charge in [-0.3, -0.25) is 0 Å². The molecule has 146 valence electrons. The van der Waals surface area contributed by atoms with E-state index in [2.05, 4.69) is 33.9 Å². The van der Waals surface area contributed by atoms with Crippen LogP contribution >= 0.6 is 0 Å². The molecule has 0 unspecified atom stereocenters. The van der Waals surface area contributed by atoms with Gasteiger partial charge in [0.25, 0.3) is 0 Å². The van der Waals surface area contributed by atoms with Gasteiger partial charge >= 0.3 is 5.97 Å². The van der Waals surface area contributed by atoms with Crippen molar-refractivity contribution in [3.63, 3.8) is 0 Å². The van der Waals surface area contributed by atoms with E-state index in [1.807, 2.05) is 24.3 Å². The fourth-order valence-corrected chi connectivity index (χ4v) is 3.69. The van der Waals surface area contributed by atoms with Crippen molar-refractivity contribution in [1.82, 2.24) is 0 Å². The summed E-state index contributed by atoms with van der Waals surface area (Å²) in [4.78, 5) is 12.3. The molecule has 2 rings (SSSR count). The summed E-state index contributed by atoms with van der Waals surface area (Å²) in [6.45, 7) is 10.5. The highest BCUT2D eigenvalue weighted by Gasteiger charge is 2.51. The van der Waals surface area contributed by atoms with Crippen molar-refractivity contribution in [3.8, 4) is 5.75 Å². The summed E-state index contributed by atoms with van der Waals surface area (Å²) in [6, 6.07) is 7.49. The lowest BCUT2D eigenvalue weighted by molar-refractivity contribution is -0.147. The number of benzene rings is 1. The number of hydrogen-bond acceptors (Lipinski definition) is 6. The molecule has 3 atom stereocenters. The van der Waals surface area contributed by atoms with Crippen LogP contribution in [0.2, 0.25) is 18.1 Å². The summed E-state index contributed by atoms with van der Waals surface area (Å²) in [7, 11) is -0.583. The zero-order valence-corrected chi connectivity index (χ0v) is 17.4. The van der Waals surface area contributed by atoms with E-state index >= 15 is 0 Å². The molecule has 26 heavy (non-hydrogen) atoms. The minimum absolute atomic E-state index is 0.0505. The molecule has 7 heteroatoms. The number of esters is 1. The van der Waals surface area contributed by atoms with Gasteiger partial charge in [-0.25, -0.2) is 4.79 Å².